The number of rotatable bonds is 11. The predicted molar refractivity (Wildman–Crippen MR) is 112 cm³/mol. The lowest BCUT2D eigenvalue weighted by Crippen LogP contribution is -1.97. The highest BCUT2D eigenvalue weighted by Gasteiger charge is 2.08. The van der Waals surface area contributed by atoms with Crippen LogP contribution in [0.1, 0.15) is 64.7 Å². The Morgan fingerprint density at radius 2 is 1.15 bits per heavy atom. The summed E-state index contributed by atoms with van der Waals surface area (Å²) >= 11 is 0. The van der Waals surface area contributed by atoms with Crippen molar-refractivity contribution in [1.29, 1.82) is 0 Å². The number of Topliss-reactive ketones (excluding diaryl/α,β-unsaturated/α-hetero) is 1. The maximum Gasteiger partial charge on any atom is 0.129 e. The molecule has 2 nitrogen and oxygen atoms in total. The number of nitrogens with zero attached hydrogens (tertiary/aromatic N) is 1. The van der Waals surface area contributed by atoms with Gasteiger partial charge in [0.2, 0.25) is 0 Å². The quantitative estimate of drug-likeness (QED) is 0.345. The van der Waals surface area contributed by atoms with Gasteiger partial charge in [-0.3, -0.25) is 0 Å². The second-order valence-corrected chi connectivity index (χ2v) is 7.47. The first kappa shape index (κ1) is 18.7. The predicted octanol–water partition coefficient (Wildman–Crippen LogP) is 6.89. The third kappa shape index (κ3) is 4.75. The molecule has 3 aromatic rings. The summed E-state index contributed by atoms with van der Waals surface area (Å²) < 4.78 is 2.49. The molecule has 0 amide bonds. The molecular formula is C24H31NO. The highest BCUT2D eigenvalue weighted by molar-refractivity contribution is 6.07. The van der Waals surface area contributed by atoms with Gasteiger partial charge in [-0.25, -0.2) is 0 Å². The van der Waals surface area contributed by atoms with Crippen molar-refractivity contribution in [2.24, 2.45) is 0 Å². The zero-order valence-corrected chi connectivity index (χ0v) is 16.0. The lowest BCUT2D eigenvalue weighted by atomic mass is 10.1. The summed E-state index contributed by atoms with van der Waals surface area (Å²) in [5.41, 5.74) is 2.72. The molecule has 26 heavy (non-hydrogen) atoms. The smallest absolute Gasteiger partial charge is 0.129 e. The van der Waals surface area contributed by atoms with Crippen molar-refractivity contribution < 1.29 is 4.79 Å². The van der Waals surface area contributed by atoms with Crippen molar-refractivity contribution in [3.05, 3.63) is 48.5 Å². The Bertz CT molecular complexity index is 792. The van der Waals surface area contributed by atoms with Crippen LogP contribution in [0.4, 0.5) is 0 Å². The SMILES string of the molecule is CC(=O)CCCCCCCCCCn1c2ccccc2c2ccccc21. The number of benzene rings is 2. The molecule has 0 aliphatic heterocycles. The van der Waals surface area contributed by atoms with Crippen molar-refractivity contribution in [1.82, 2.24) is 4.57 Å². The normalized spacial score (nSPS) is 11.4. The van der Waals surface area contributed by atoms with Gasteiger partial charge in [-0.2, -0.15) is 0 Å². The van der Waals surface area contributed by atoms with Crippen LogP contribution in [-0.2, 0) is 11.3 Å². The summed E-state index contributed by atoms with van der Waals surface area (Å²) in [5.74, 6) is 0.329. The number of unbranched alkanes of at least 4 members (excludes halogenated alkanes) is 7. The number of carbonyl (C=O) groups is 1. The van der Waals surface area contributed by atoms with Gasteiger partial charge in [-0.05, 0) is 31.9 Å². The molecule has 0 aliphatic rings. The average Bonchev–Trinajstić information content (AvgIpc) is 2.97. The fourth-order valence-corrected chi connectivity index (χ4v) is 3.95. The number of fused-ring (bicyclic) bond motifs is 3. The summed E-state index contributed by atoms with van der Waals surface area (Å²) in [6.45, 7) is 2.80. The van der Waals surface area contributed by atoms with Crippen molar-refractivity contribution in [2.45, 2.75) is 71.3 Å². The minimum Gasteiger partial charge on any atom is -0.340 e. The Balaban J connectivity index is 1.43. The van der Waals surface area contributed by atoms with E-state index in [0.29, 0.717) is 5.78 Å². The number of hydrogen-bond donors (Lipinski definition) is 0. The van der Waals surface area contributed by atoms with E-state index < -0.39 is 0 Å². The van der Waals surface area contributed by atoms with Gasteiger partial charge in [0, 0.05) is 34.8 Å². The van der Waals surface area contributed by atoms with Gasteiger partial charge in [0.15, 0.2) is 0 Å². The summed E-state index contributed by atoms with van der Waals surface area (Å²) in [6, 6.07) is 17.5. The zero-order valence-electron chi connectivity index (χ0n) is 16.0. The van der Waals surface area contributed by atoms with Crippen LogP contribution in [0, 0.1) is 0 Å². The van der Waals surface area contributed by atoms with Crippen LogP contribution in [0.15, 0.2) is 48.5 Å². The van der Waals surface area contributed by atoms with Crippen molar-refractivity contribution >= 4 is 27.6 Å². The highest BCUT2D eigenvalue weighted by atomic mass is 16.1. The first-order valence-electron chi connectivity index (χ1n) is 10.2. The van der Waals surface area contributed by atoms with E-state index in [9.17, 15) is 4.79 Å². The molecule has 0 unspecified atom stereocenters. The van der Waals surface area contributed by atoms with Crippen LogP contribution in [0.2, 0.25) is 0 Å². The number of aromatic nitrogens is 1. The van der Waals surface area contributed by atoms with Crippen LogP contribution in [0.25, 0.3) is 21.8 Å². The molecule has 3 rings (SSSR count). The minimum absolute atomic E-state index is 0.329. The largest absolute Gasteiger partial charge is 0.340 e. The molecule has 0 bridgehead atoms. The van der Waals surface area contributed by atoms with E-state index in [1.54, 1.807) is 6.92 Å². The topological polar surface area (TPSA) is 22.0 Å². The molecule has 2 heteroatoms. The molecule has 0 aliphatic carbocycles. The van der Waals surface area contributed by atoms with Crippen LogP contribution < -0.4 is 0 Å². The van der Waals surface area contributed by atoms with Gasteiger partial charge >= 0.3 is 0 Å². The molecule has 1 heterocycles. The van der Waals surface area contributed by atoms with Gasteiger partial charge in [0.25, 0.3) is 0 Å². The van der Waals surface area contributed by atoms with E-state index in [2.05, 4.69) is 53.1 Å². The van der Waals surface area contributed by atoms with Gasteiger partial charge in [-0.15, -0.1) is 0 Å². The molecule has 0 radical (unpaired) electrons. The number of ketones is 1. The maximum absolute atomic E-state index is 10.9. The van der Waals surface area contributed by atoms with E-state index in [0.717, 1.165) is 19.4 Å². The molecule has 0 atom stereocenters. The molecule has 0 saturated heterocycles. The monoisotopic (exact) mass is 349 g/mol. The Morgan fingerprint density at radius 1 is 0.692 bits per heavy atom. The zero-order chi connectivity index (χ0) is 18.2. The molecule has 0 saturated carbocycles. The van der Waals surface area contributed by atoms with Crippen molar-refractivity contribution in [3.8, 4) is 0 Å². The van der Waals surface area contributed by atoms with Crippen LogP contribution in [0.5, 0.6) is 0 Å². The second kappa shape index (κ2) is 9.56. The number of para-hydroxylation sites is 2. The molecule has 1 aromatic heterocycles. The summed E-state index contributed by atoms with van der Waals surface area (Å²) in [5, 5.41) is 2.74. The molecule has 0 N–H and O–H groups in total. The summed E-state index contributed by atoms with van der Waals surface area (Å²) in [4.78, 5) is 10.9. The Hall–Kier alpha value is -2.09. The third-order valence-corrected chi connectivity index (χ3v) is 5.34. The minimum atomic E-state index is 0.329. The van der Waals surface area contributed by atoms with Crippen molar-refractivity contribution in [2.75, 3.05) is 0 Å². The maximum atomic E-state index is 10.9. The van der Waals surface area contributed by atoms with Crippen LogP contribution >= 0.6 is 0 Å². The number of hydrogen-bond acceptors (Lipinski definition) is 1. The van der Waals surface area contributed by atoms with E-state index in [1.165, 1.54) is 66.8 Å². The van der Waals surface area contributed by atoms with Gasteiger partial charge in [-0.1, -0.05) is 74.9 Å². The standard InChI is InChI=1S/C24H31NO/c1-20(26)14-8-6-4-2-3-5-7-13-19-25-23-17-11-9-15-21(23)22-16-10-12-18-24(22)25/h9-12,15-18H,2-8,13-14,19H2,1H3. The van der Waals surface area contributed by atoms with E-state index in [4.69, 9.17) is 0 Å². The van der Waals surface area contributed by atoms with Gasteiger partial charge in [0.1, 0.15) is 5.78 Å². The average molecular weight is 350 g/mol. The molecular weight excluding hydrogens is 318 g/mol. The van der Waals surface area contributed by atoms with Crippen LogP contribution in [0.3, 0.4) is 0 Å². The van der Waals surface area contributed by atoms with Gasteiger partial charge in [0.05, 0.1) is 0 Å². The number of aryl methyl sites for hydroxylation is 1. The molecule has 2 aromatic carbocycles. The summed E-state index contributed by atoms with van der Waals surface area (Å²) in [7, 11) is 0. The lowest BCUT2D eigenvalue weighted by molar-refractivity contribution is -0.117. The van der Waals surface area contributed by atoms with Crippen LogP contribution in [-0.4, -0.2) is 10.4 Å². The molecule has 0 fully saturated rings. The fraction of sp³-hybridized carbons (Fsp3) is 0.458. The Morgan fingerprint density at radius 3 is 1.69 bits per heavy atom. The first-order valence-corrected chi connectivity index (χ1v) is 10.2. The lowest BCUT2D eigenvalue weighted by Gasteiger charge is -2.07. The second-order valence-electron chi connectivity index (χ2n) is 7.47. The third-order valence-electron chi connectivity index (χ3n) is 5.34. The van der Waals surface area contributed by atoms with E-state index in [1.807, 2.05) is 0 Å². The Labute approximate surface area is 157 Å². The highest BCUT2D eigenvalue weighted by Crippen LogP contribution is 2.29. The van der Waals surface area contributed by atoms with Gasteiger partial charge < -0.3 is 9.36 Å². The number of carbonyl (C=O) groups excluding carboxylic acids is 1. The first-order chi connectivity index (χ1) is 12.8. The van der Waals surface area contributed by atoms with E-state index in [-0.39, 0.29) is 0 Å². The Kier molecular flexibility index (Phi) is 6.88. The summed E-state index contributed by atoms with van der Waals surface area (Å²) in [6.07, 6.45) is 10.8. The fourth-order valence-electron chi connectivity index (χ4n) is 3.95. The van der Waals surface area contributed by atoms with Crippen molar-refractivity contribution in [3.63, 3.8) is 0 Å². The molecule has 138 valence electrons. The van der Waals surface area contributed by atoms with E-state index >= 15 is 0 Å². The molecule has 0 spiro atoms.